The van der Waals surface area contributed by atoms with Crippen molar-refractivity contribution >= 4 is 20.4 Å². The van der Waals surface area contributed by atoms with Gasteiger partial charge in [0.05, 0.1) is 6.10 Å². The lowest BCUT2D eigenvalue weighted by atomic mass is 10.2. The van der Waals surface area contributed by atoms with Crippen LogP contribution in [0.1, 0.15) is 33.3 Å². The summed E-state index contributed by atoms with van der Waals surface area (Å²) in [5.74, 6) is -1.15. The topological polar surface area (TPSA) is 84.9 Å². The van der Waals surface area contributed by atoms with Crippen LogP contribution in [0.5, 0.6) is 0 Å². The third kappa shape index (κ3) is 6.51. The third-order valence-electron chi connectivity index (χ3n) is 4.51. The predicted octanol–water partition coefficient (Wildman–Crippen LogP) is 3.78. The zero-order chi connectivity index (χ0) is 19.3. The average Bonchev–Trinajstić information content (AvgIpc) is 2.49. The Balaban J connectivity index is 2.67. The molecule has 0 aliphatic carbocycles. The maximum Gasteiger partial charge on any atom is 0.408 e. The minimum atomic E-state index is -2.15. The fourth-order valence-electron chi connectivity index (χ4n) is 1.98. The molecule has 0 spiro atoms. The molecule has 1 aromatic rings. The molecule has 6 nitrogen and oxygen atoms in total. The molecule has 0 bridgehead atoms. The molecule has 0 radical (unpaired) electrons. The average molecular weight is 368 g/mol. The van der Waals surface area contributed by atoms with Gasteiger partial charge in [-0.2, -0.15) is 0 Å². The van der Waals surface area contributed by atoms with Crippen LogP contribution >= 0.6 is 0 Å². The number of carbonyl (C=O) groups is 2. The number of ether oxygens (including phenoxy) is 1. The Morgan fingerprint density at radius 2 is 1.76 bits per heavy atom. The molecule has 0 fully saturated rings. The molecule has 1 aromatic carbocycles. The Kier molecular flexibility index (Phi) is 7.19. The van der Waals surface area contributed by atoms with Gasteiger partial charge in [0.2, 0.25) is 0 Å². The van der Waals surface area contributed by atoms with Gasteiger partial charge >= 0.3 is 12.1 Å². The quantitative estimate of drug-likeness (QED) is 0.717. The molecule has 0 heterocycles. The van der Waals surface area contributed by atoms with Gasteiger partial charge in [-0.3, -0.25) is 0 Å². The summed E-state index contributed by atoms with van der Waals surface area (Å²) in [6.45, 7) is 12.0. The number of benzene rings is 1. The summed E-state index contributed by atoms with van der Waals surface area (Å²) >= 11 is 0. The summed E-state index contributed by atoms with van der Waals surface area (Å²) < 4.78 is 11.2. The second-order valence-electron chi connectivity index (χ2n) is 7.61. The number of hydrogen-bond acceptors (Lipinski definition) is 4. The summed E-state index contributed by atoms with van der Waals surface area (Å²) in [4.78, 5) is 23.5. The maximum absolute atomic E-state index is 12.0. The summed E-state index contributed by atoms with van der Waals surface area (Å²) in [5, 5.41) is 11.8. The predicted molar refractivity (Wildman–Crippen MR) is 98.9 cm³/mol. The summed E-state index contributed by atoms with van der Waals surface area (Å²) in [7, 11) is -2.15. The van der Waals surface area contributed by atoms with E-state index in [2.05, 4.69) is 26.1 Å². The van der Waals surface area contributed by atoms with Crippen molar-refractivity contribution in [3.05, 3.63) is 35.9 Å². The Morgan fingerprint density at radius 3 is 2.24 bits per heavy atom. The van der Waals surface area contributed by atoms with E-state index < -0.39 is 32.5 Å². The highest BCUT2D eigenvalue weighted by molar-refractivity contribution is 6.74. The SMILES string of the molecule is CC(O[Si](C)(C)C(C)(C)C)[C@H](NC(=O)OCc1ccccc1)C(=O)O. The van der Waals surface area contributed by atoms with E-state index >= 15 is 0 Å². The van der Waals surface area contributed by atoms with Gasteiger partial charge in [0, 0.05) is 0 Å². The van der Waals surface area contributed by atoms with Crippen LogP contribution < -0.4 is 5.32 Å². The molecule has 0 saturated heterocycles. The zero-order valence-corrected chi connectivity index (χ0v) is 16.8. The van der Waals surface area contributed by atoms with Crippen LogP contribution in [0.2, 0.25) is 18.1 Å². The van der Waals surface area contributed by atoms with Crippen molar-refractivity contribution in [2.75, 3.05) is 0 Å². The van der Waals surface area contributed by atoms with Crippen LogP contribution in [0.15, 0.2) is 30.3 Å². The van der Waals surface area contributed by atoms with Gasteiger partial charge in [0.15, 0.2) is 14.4 Å². The number of carbonyl (C=O) groups excluding carboxylic acids is 1. The van der Waals surface area contributed by atoms with Crippen LogP contribution in [-0.4, -0.2) is 37.6 Å². The van der Waals surface area contributed by atoms with E-state index in [4.69, 9.17) is 9.16 Å². The van der Waals surface area contributed by atoms with Crippen LogP contribution in [0, 0.1) is 0 Å². The van der Waals surface area contributed by atoms with E-state index in [1.54, 1.807) is 6.92 Å². The number of hydrogen-bond donors (Lipinski definition) is 2. The Bertz CT molecular complexity index is 583. The Labute approximate surface area is 150 Å². The van der Waals surface area contributed by atoms with Crippen LogP contribution in [0.4, 0.5) is 4.79 Å². The van der Waals surface area contributed by atoms with E-state index in [9.17, 15) is 14.7 Å². The fourth-order valence-corrected chi connectivity index (χ4v) is 3.40. The first-order valence-corrected chi connectivity index (χ1v) is 11.2. The van der Waals surface area contributed by atoms with Gasteiger partial charge in [0.25, 0.3) is 0 Å². The van der Waals surface area contributed by atoms with E-state index in [0.29, 0.717) is 0 Å². The van der Waals surface area contributed by atoms with E-state index in [-0.39, 0.29) is 11.6 Å². The molecule has 0 aliphatic rings. The summed E-state index contributed by atoms with van der Waals surface area (Å²) in [5.41, 5.74) is 0.829. The first kappa shape index (κ1) is 21.2. The van der Waals surface area contributed by atoms with Crippen LogP contribution in [-0.2, 0) is 20.6 Å². The lowest BCUT2D eigenvalue weighted by Gasteiger charge is -2.39. The van der Waals surface area contributed by atoms with Gasteiger partial charge in [-0.25, -0.2) is 9.59 Å². The summed E-state index contributed by atoms with van der Waals surface area (Å²) in [6.07, 6.45) is -1.44. The van der Waals surface area contributed by atoms with Gasteiger partial charge in [-0.1, -0.05) is 51.1 Å². The molecule has 2 atom stereocenters. The number of aliphatic carboxylic acids is 1. The Hall–Kier alpha value is -1.86. The molecule has 2 N–H and O–H groups in total. The van der Waals surface area contributed by atoms with Crippen molar-refractivity contribution in [1.82, 2.24) is 5.32 Å². The molecule has 7 heteroatoms. The second kappa shape index (κ2) is 8.49. The van der Waals surface area contributed by atoms with Gasteiger partial charge in [-0.15, -0.1) is 0 Å². The van der Waals surface area contributed by atoms with E-state index in [1.807, 2.05) is 43.4 Å². The van der Waals surface area contributed by atoms with Crippen LogP contribution in [0.25, 0.3) is 0 Å². The number of alkyl carbamates (subject to hydrolysis) is 1. The molecule has 25 heavy (non-hydrogen) atoms. The Morgan fingerprint density at radius 1 is 1.20 bits per heavy atom. The van der Waals surface area contributed by atoms with Crippen molar-refractivity contribution in [2.24, 2.45) is 0 Å². The van der Waals surface area contributed by atoms with Crippen molar-refractivity contribution < 1.29 is 23.9 Å². The standard InChI is InChI=1S/C18H29NO5Si/c1-13(24-25(5,6)18(2,3)4)15(16(20)21)19-17(22)23-12-14-10-8-7-9-11-14/h7-11,13,15H,12H2,1-6H3,(H,19,22)(H,20,21)/t13?,15-/m0/s1. The van der Waals surface area contributed by atoms with Crippen molar-refractivity contribution in [3.8, 4) is 0 Å². The normalized spacial score (nSPS) is 14.5. The number of carboxylic acids is 1. The highest BCUT2D eigenvalue weighted by Gasteiger charge is 2.41. The van der Waals surface area contributed by atoms with Gasteiger partial charge < -0.3 is 19.6 Å². The highest BCUT2D eigenvalue weighted by Crippen LogP contribution is 2.37. The van der Waals surface area contributed by atoms with E-state index in [1.165, 1.54) is 0 Å². The molecule has 1 amide bonds. The first-order valence-electron chi connectivity index (χ1n) is 8.32. The molecular formula is C18H29NO5Si. The van der Waals surface area contributed by atoms with Crippen molar-refractivity contribution in [2.45, 2.75) is 64.6 Å². The first-order chi connectivity index (χ1) is 11.4. The molecule has 0 aromatic heterocycles. The number of rotatable bonds is 7. The number of nitrogens with one attached hydrogen (secondary N) is 1. The lowest BCUT2D eigenvalue weighted by Crippen LogP contribution is -2.53. The molecule has 140 valence electrons. The number of carboxylic acid groups (broad SMARTS) is 1. The fraction of sp³-hybridized carbons (Fsp3) is 0.556. The highest BCUT2D eigenvalue weighted by atomic mass is 28.4. The minimum Gasteiger partial charge on any atom is -0.480 e. The maximum atomic E-state index is 12.0. The lowest BCUT2D eigenvalue weighted by molar-refractivity contribution is -0.141. The zero-order valence-electron chi connectivity index (χ0n) is 15.8. The summed E-state index contributed by atoms with van der Waals surface area (Å²) in [6, 6.07) is 8.02. The van der Waals surface area contributed by atoms with Crippen molar-refractivity contribution in [3.63, 3.8) is 0 Å². The van der Waals surface area contributed by atoms with Crippen LogP contribution in [0.3, 0.4) is 0 Å². The second-order valence-corrected chi connectivity index (χ2v) is 12.4. The largest absolute Gasteiger partial charge is 0.480 e. The van der Waals surface area contributed by atoms with Gasteiger partial charge in [0.1, 0.15) is 6.61 Å². The molecule has 1 rings (SSSR count). The molecule has 0 saturated carbocycles. The minimum absolute atomic E-state index is 0.0574. The third-order valence-corrected chi connectivity index (χ3v) is 9.08. The van der Waals surface area contributed by atoms with Gasteiger partial charge in [-0.05, 0) is 30.6 Å². The molecule has 1 unspecified atom stereocenters. The molecular weight excluding hydrogens is 338 g/mol. The van der Waals surface area contributed by atoms with Crippen molar-refractivity contribution in [1.29, 1.82) is 0 Å². The monoisotopic (exact) mass is 367 g/mol. The van der Waals surface area contributed by atoms with E-state index in [0.717, 1.165) is 5.56 Å². The smallest absolute Gasteiger partial charge is 0.408 e. The number of amides is 1. The molecule has 0 aliphatic heterocycles.